The van der Waals surface area contributed by atoms with Gasteiger partial charge in [0.1, 0.15) is 11.8 Å². The largest absolute Gasteiger partial charge is 0.444 e. The van der Waals surface area contributed by atoms with Crippen LogP contribution < -0.4 is 5.32 Å². The summed E-state index contributed by atoms with van der Waals surface area (Å²) in [5.74, 6) is 0. The smallest absolute Gasteiger partial charge is 0.407 e. The zero-order chi connectivity index (χ0) is 24.2. The van der Waals surface area contributed by atoms with Crippen molar-refractivity contribution in [3.05, 3.63) is 108 Å². The molecule has 4 rings (SSSR count). The van der Waals surface area contributed by atoms with Gasteiger partial charge in [0.2, 0.25) is 0 Å². The summed E-state index contributed by atoms with van der Waals surface area (Å²) in [6.07, 6.45) is -1.36. The highest BCUT2D eigenvalue weighted by molar-refractivity contribution is 5.68. The lowest BCUT2D eigenvalue weighted by Crippen LogP contribution is -2.59. The maximum Gasteiger partial charge on any atom is 0.407 e. The Labute approximate surface area is 201 Å². The molecule has 1 N–H and O–H groups in total. The van der Waals surface area contributed by atoms with Gasteiger partial charge in [-0.3, -0.25) is 4.90 Å². The first-order valence-electron chi connectivity index (χ1n) is 11.8. The van der Waals surface area contributed by atoms with E-state index < -0.39 is 23.4 Å². The van der Waals surface area contributed by atoms with Gasteiger partial charge in [-0.25, -0.2) is 9.18 Å². The van der Waals surface area contributed by atoms with E-state index in [1.165, 1.54) is 0 Å². The number of rotatable bonds is 5. The Morgan fingerprint density at radius 1 is 0.824 bits per heavy atom. The van der Waals surface area contributed by atoms with Crippen molar-refractivity contribution in [3.8, 4) is 0 Å². The van der Waals surface area contributed by atoms with E-state index in [0.717, 1.165) is 16.7 Å². The molecule has 1 heterocycles. The Balaban J connectivity index is 1.81. The second-order valence-corrected chi connectivity index (χ2v) is 9.89. The van der Waals surface area contributed by atoms with Crippen molar-refractivity contribution in [1.82, 2.24) is 10.2 Å². The minimum Gasteiger partial charge on any atom is -0.444 e. The highest BCUT2D eigenvalue weighted by atomic mass is 19.1. The lowest BCUT2D eigenvalue weighted by molar-refractivity contribution is 0.0312. The molecule has 34 heavy (non-hydrogen) atoms. The molecule has 0 saturated carbocycles. The van der Waals surface area contributed by atoms with Crippen LogP contribution in [0.4, 0.5) is 9.18 Å². The first-order valence-corrected chi connectivity index (χ1v) is 11.8. The molecule has 3 aromatic carbocycles. The van der Waals surface area contributed by atoms with E-state index >= 15 is 4.39 Å². The lowest BCUT2D eigenvalue weighted by atomic mass is 9.74. The van der Waals surface area contributed by atoms with Crippen molar-refractivity contribution >= 4 is 6.09 Å². The number of amides is 1. The van der Waals surface area contributed by atoms with E-state index in [0.29, 0.717) is 6.54 Å². The molecule has 0 spiro atoms. The van der Waals surface area contributed by atoms with E-state index in [4.69, 9.17) is 4.74 Å². The molecule has 0 radical (unpaired) electrons. The van der Waals surface area contributed by atoms with Gasteiger partial charge in [0.05, 0.1) is 5.54 Å². The van der Waals surface area contributed by atoms with Crippen LogP contribution in [-0.2, 0) is 10.3 Å². The predicted octanol–water partition coefficient (Wildman–Crippen LogP) is 5.92. The van der Waals surface area contributed by atoms with E-state index in [2.05, 4.69) is 46.6 Å². The molecule has 5 heteroatoms. The summed E-state index contributed by atoms with van der Waals surface area (Å²) < 4.78 is 20.8. The molecular formula is C29H33FN2O2. The van der Waals surface area contributed by atoms with Crippen molar-refractivity contribution < 1.29 is 13.9 Å². The van der Waals surface area contributed by atoms with Crippen LogP contribution >= 0.6 is 0 Å². The van der Waals surface area contributed by atoms with Crippen LogP contribution in [-0.4, -0.2) is 41.9 Å². The van der Waals surface area contributed by atoms with Gasteiger partial charge in [-0.05, 0) is 37.5 Å². The standard InChI is InChI=1S/C29H33FN2O2/c1-28(2,3)34-27(33)31-26-19-25(30)20-32(21-26)29(22-13-7-4-8-14-22,23-15-9-5-10-16-23)24-17-11-6-12-18-24/h4-18,25-26H,19-21H2,1-3H3,(H,31,33)/t25-,26-/m1/s1. The Hall–Kier alpha value is -3.18. The van der Waals surface area contributed by atoms with E-state index in [-0.39, 0.29) is 19.0 Å². The monoisotopic (exact) mass is 460 g/mol. The summed E-state index contributed by atoms with van der Waals surface area (Å²) in [5, 5.41) is 2.92. The Morgan fingerprint density at radius 3 is 1.68 bits per heavy atom. The van der Waals surface area contributed by atoms with Gasteiger partial charge in [-0.15, -0.1) is 0 Å². The molecule has 0 aliphatic carbocycles. The number of carbonyl (C=O) groups is 1. The van der Waals surface area contributed by atoms with Gasteiger partial charge in [-0.2, -0.15) is 0 Å². The third kappa shape index (κ3) is 5.15. The van der Waals surface area contributed by atoms with Crippen LogP contribution in [0.25, 0.3) is 0 Å². The minimum absolute atomic E-state index is 0.254. The van der Waals surface area contributed by atoms with E-state index in [1.54, 1.807) is 0 Å². The van der Waals surface area contributed by atoms with Crippen LogP contribution in [0.1, 0.15) is 43.9 Å². The fourth-order valence-electron chi connectivity index (χ4n) is 4.98. The van der Waals surface area contributed by atoms with Crippen LogP contribution in [0.15, 0.2) is 91.0 Å². The van der Waals surface area contributed by atoms with Gasteiger partial charge in [0.15, 0.2) is 0 Å². The third-order valence-corrected chi connectivity index (χ3v) is 6.17. The SMILES string of the molecule is CC(C)(C)OC(=O)N[C@@H]1C[C@@H](F)CN(C(c2ccccc2)(c2ccccc2)c2ccccc2)C1. The lowest BCUT2D eigenvalue weighted by Gasteiger charge is -2.49. The summed E-state index contributed by atoms with van der Waals surface area (Å²) in [7, 11) is 0. The highest BCUT2D eigenvalue weighted by Gasteiger charge is 2.46. The predicted molar refractivity (Wildman–Crippen MR) is 133 cm³/mol. The Bertz CT molecular complexity index is 971. The number of halogens is 1. The number of piperidine rings is 1. The quantitative estimate of drug-likeness (QED) is 0.481. The van der Waals surface area contributed by atoms with Gasteiger partial charge < -0.3 is 10.1 Å². The number of hydrogen-bond donors (Lipinski definition) is 1. The fraction of sp³-hybridized carbons (Fsp3) is 0.345. The molecule has 1 saturated heterocycles. The van der Waals surface area contributed by atoms with Gasteiger partial charge in [0, 0.05) is 25.6 Å². The average molecular weight is 461 g/mol. The number of alkyl halides is 1. The average Bonchev–Trinajstić information content (AvgIpc) is 2.80. The number of likely N-dealkylation sites (tertiary alicyclic amines) is 1. The molecular weight excluding hydrogens is 427 g/mol. The van der Waals surface area contributed by atoms with Crippen molar-refractivity contribution in [1.29, 1.82) is 0 Å². The summed E-state index contributed by atoms with van der Waals surface area (Å²) in [6.45, 7) is 6.21. The molecule has 4 nitrogen and oxygen atoms in total. The molecule has 1 fully saturated rings. The van der Waals surface area contributed by atoms with Crippen LogP contribution in [0.3, 0.4) is 0 Å². The zero-order valence-corrected chi connectivity index (χ0v) is 20.1. The molecule has 178 valence electrons. The second kappa shape index (κ2) is 9.98. The van der Waals surface area contributed by atoms with Gasteiger partial charge in [-0.1, -0.05) is 91.0 Å². The van der Waals surface area contributed by atoms with Crippen LogP contribution in [0, 0.1) is 0 Å². The number of ether oxygens (including phenoxy) is 1. The number of hydrogen-bond acceptors (Lipinski definition) is 3. The van der Waals surface area contributed by atoms with Crippen molar-refractivity contribution in [3.63, 3.8) is 0 Å². The number of benzene rings is 3. The molecule has 3 aromatic rings. The second-order valence-electron chi connectivity index (χ2n) is 9.89. The van der Waals surface area contributed by atoms with E-state index in [1.807, 2.05) is 75.4 Å². The van der Waals surface area contributed by atoms with Crippen molar-refractivity contribution in [2.45, 2.75) is 50.5 Å². The minimum atomic E-state index is -1.09. The summed E-state index contributed by atoms with van der Waals surface area (Å²) >= 11 is 0. The van der Waals surface area contributed by atoms with Crippen LogP contribution in [0.5, 0.6) is 0 Å². The third-order valence-electron chi connectivity index (χ3n) is 6.17. The topological polar surface area (TPSA) is 41.6 Å². The van der Waals surface area contributed by atoms with Gasteiger partial charge in [0.25, 0.3) is 0 Å². The molecule has 2 atom stereocenters. The summed E-state index contributed by atoms with van der Waals surface area (Å²) in [4.78, 5) is 14.7. The van der Waals surface area contributed by atoms with E-state index in [9.17, 15) is 4.79 Å². The first-order chi connectivity index (χ1) is 16.3. The molecule has 0 unspecified atom stereocenters. The maximum atomic E-state index is 15.3. The number of nitrogens with one attached hydrogen (secondary N) is 1. The fourth-order valence-corrected chi connectivity index (χ4v) is 4.98. The normalized spacial score (nSPS) is 19.4. The molecule has 1 aliphatic heterocycles. The first kappa shape index (κ1) is 24.0. The number of carbonyl (C=O) groups excluding carboxylic acids is 1. The number of alkyl carbamates (subject to hydrolysis) is 1. The maximum absolute atomic E-state index is 15.3. The highest BCUT2D eigenvalue weighted by Crippen LogP contribution is 2.43. The molecule has 1 amide bonds. The number of nitrogens with zero attached hydrogens (tertiary/aromatic N) is 1. The van der Waals surface area contributed by atoms with Crippen molar-refractivity contribution in [2.24, 2.45) is 0 Å². The van der Waals surface area contributed by atoms with Crippen molar-refractivity contribution in [2.75, 3.05) is 13.1 Å². The zero-order valence-electron chi connectivity index (χ0n) is 20.1. The van der Waals surface area contributed by atoms with Gasteiger partial charge >= 0.3 is 6.09 Å². The Morgan fingerprint density at radius 2 is 1.26 bits per heavy atom. The molecule has 0 aromatic heterocycles. The molecule has 0 bridgehead atoms. The Kier molecular flexibility index (Phi) is 7.03. The summed E-state index contributed by atoms with van der Waals surface area (Å²) in [5.41, 5.74) is 1.82. The molecule has 1 aliphatic rings. The van der Waals surface area contributed by atoms with Crippen LogP contribution in [0.2, 0.25) is 0 Å². The summed E-state index contributed by atoms with van der Waals surface area (Å²) in [6, 6.07) is 30.3.